The number of fused-ring (bicyclic) bond motifs is 2. The number of pyridine rings is 1. The Morgan fingerprint density at radius 2 is 2.47 bits per heavy atom. The molecule has 2 unspecified atom stereocenters. The first-order valence-electron chi connectivity index (χ1n) is 5.58. The first-order chi connectivity index (χ1) is 8.22. The highest BCUT2D eigenvalue weighted by Gasteiger charge is 2.41. The third-order valence-electron chi connectivity index (χ3n) is 3.19. The number of carbonyl (C=O) groups excluding carboxylic acids is 1. The van der Waals surface area contributed by atoms with Crippen molar-refractivity contribution in [1.29, 1.82) is 0 Å². The molecule has 0 aromatic carbocycles. The number of piperazine rings is 1. The summed E-state index contributed by atoms with van der Waals surface area (Å²) in [6.45, 7) is 1.52. The molecule has 1 aromatic rings. The number of rotatable bonds is 1. The molecule has 0 aliphatic carbocycles. The summed E-state index contributed by atoms with van der Waals surface area (Å²) in [5, 5.41) is 12.5. The summed E-state index contributed by atoms with van der Waals surface area (Å²) in [5.41, 5.74) is 0. The van der Waals surface area contributed by atoms with Gasteiger partial charge in [0.25, 0.3) is 0 Å². The number of hydrogen-bond acceptors (Lipinski definition) is 5. The quantitative estimate of drug-likeness (QED) is 0.733. The Balaban J connectivity index is 1.68. The van der Waals surface area contributed by atoms with Gasteiger partial charge in [-0.2, -0.15) is 0 Å². The highest BCUT2D eigenvalue weighted by molar-refractivity contribution is 5.71. The maximum absolute atomic E-state index is 11.9. The molecule has 90 valence electrons. The van der Waals surface area contributed by atoms with Crippen LogP contribution in [0.15, 0.2) is 18.5 Å². The number of hydrogen-bond donors (Lipinski definition) is 2. The highest BCUT2D eigenvalue weighted by atomic mass is 16.6. The van der Waals surface area contributed by atoms with Crippen molar-refractivity contribution in [1.82, 2.24) is 15.2 Å². The maximum Gasteiger partial charge on any atom is 0.415 e. The topological polar surface area (TPSA) is 74.7 Å². The normalized spacial score (nSPS) is 26.2. The zero-order chi connectivity index (χ0) is 11.8. The third-order valence-corrected chi connectivity index (χ3v) is 3.19. The van der Waals surface area contributed by atoms with E-state index in [-0.39, 0.29) is 23.6 Å². The molecule has 2 fully saturated rings. The summed E-state index contributed by atoms with van der Waals surface area (Å²) in [7, 11) is 0. The van der Waals surface area contributed by atoms with Crippen LogP contribution in [0.4, 0.5) is 4.79 Å². The summed E-state index contributed by atoms with van der Waals surface area (Å²) in [5.74, 6) is 0.255. The van der Waals surface area contributed by atoms with Gasteiger partial charge < -0.3 is 20.1 Å². The van der Waals surface area contributed by atoms with Crippen LogP contribution in [0.1, 0.15) is 6.42 Å². The van der Waals surface area contributed by atoms with Gasteiger partial charge in [-0.25, -0.2) is 4.79 Å². The number of aromatic hydroxyl groups is 1. The molecule has 3 heterocycles. The molecule has 0 radical (unpaired) electrons. The molecule has 17 heavy (non-hydrogen) atoms. The number of aromatic nitrogens is 1. The molecular formula is C11H13N3O3. The molecule has 0 saturated carbocycles. The van der Waals surface area contributed by atoms with Gasteiger partial charge in [0.05, 0.1) is 12.4 Å². The summed E-state index contributed by atoms with van der Waals surface area (Å²) in [6, 6.07) is 2.00. The van der Waals surface area contributed by atoms with Gasteiger partial charge in [-0.05, 0) is 6.42 Å². The SMILES string of the molecule is O=C(Oc1cncc(O)c1)N1CC2CC1CN2. The van der Waals surface area contributed by atoms with Gasteiger partial charge in [-0.3, -0.25) is 4.98 Å². The third kappa shape index (κ3) is 1.91. The van der Waals surface area contributed by atoms with E-state index in [1.54, 1.807) is 4.90 Å². The lowest BCUT2D eigenvalue weighted by atomic mass is 10.2. The highest BCUT2D eigenvalue weighted by Crippen LogP contribution is 2.25. The first-order valence-corrected chi connectivity index (χ1v) is 5.58. The zero-order valence-electron chi connectivity index (χ0n) is 9.17. The van der Waals surface area contributed by atoms with Crippen LogP contribution >= 0.6 is 0 Å². The van der Waals surface area contributed by atoms with Gasteiger partial charge >= 0.3 is 6.09 Å². The van der Waals surface area contributed by atoms with Crippen molar-refractivity contribution in [2.24, 2.45) is 0 Å². The second kappa shape index (κ2) is 3.89. The van der Waals surface area contributed by atoms with Crippen LogP contribution < -0.4 is 10.1 Å². The number of amides is 1. The van der Waals surface area contributed by atoms with Crippen LogP contribution in [-0.2, 0) is 0 Å². The molecule has 2 bridgehead atoms. The molecule has 1 amide bonds. The number of likely N-dealkylation sites (tertiary alicyclic amines) is 1. The fourth-order valence-corrected chi connectivity index (χ4v) is 2.41. The molecule has 3 rings (SSSR count). The van der Waals surface area contributed by atoms with Crippen LogP contribution in [0.25, 0.3) is 0 Å². The van der Waals surface area contributed by atoms with E-state index in [0.29, 0.717) is 12.6 Å². The van der Waals surface area contributed by atoms with Crippen LogP contribution in [0.2, 0.25) is 0 Å². The van der Waals surface area contributed by atoms with Crippen LogP contribution in [-0.4, -0.2) is 46.3 Å². The number of nitrogens with zero attached hydrogens (tertiary/aromatic N) is 2. The Morgan fingerprint density at radius 3 is 3.12 bits per heavy atom. The van der Waals surface area contributed by atoms with E-state index in [0.717, 1.165) is 13.0 Å². The Kier molecular flexibility index (Phi) is 2.36. The molecule has 2 saturated heterocycles. The lowest BCUT2D eigenvalue weighted by Gasteiger charge is -2.26. The van der Waals surface area contributed by atoms with Crippen molar-refractivity contribution >= 4 is 6.09 Å². The van der Waals surface area contributed by atoms with Gasteiger partial charge in [0.2, 0.25) is 0 Å². The molecule has 1 aromatic heterocycles. The minimum atomic E-state index is -0.369. The lowest BCUT2D eigenvalue weighted by Crippen LogP contribution is -2.47. The van der Waals surface area contributed by atoms with Crippen molar-refractivity contribution in [2.45, 2.75) is 18.5 Å². The number of carbonyl (C=O) groups is 1. The molecule has 6 heteroatoms. The monoisotopic (exact) mass is 235 g/mol. The van der Waals surface area contributed by atoms with E-state index >= 15 is 0 Å². The predicted octanol–water partition coefficient (Wildman–Crippen LogP) is 0.332. The lowest BCUT2D eigenvalue weighted by molar-refractivity contribution is 0.140. The molecule has 2 atom stereocenters. The summed E-state index contributed by atoms with van der Waals surface area (Å²) >= 11 is 0. The predicted molar refractivity (Wildman–Crippen MR) is 58.8 cm³/mol. The number of nitrogens with one attached hydrogen (secondary N) is 1. The van der Waals surface area contributed by atoms with Crippen molar-refractivity contribution in [3.05, 3.63) is 18.5 Å². The summed E-state index contributed by atoms with van der Waals surface area (Å²) < 4.78 is 5.17. The van der Waals surface area contributed by atoms with E-state index in [2.05, 4.69) is 10.3 Å². The Bertz CT molecular complexity index is 451. The second-order valence-electron chi connectivity index (χ2n) is 4.39. The van der Waals surface area contributed by atoms with Crippen molar-refractivity contribution in [2.75, 3.05) is 13.1 Å². The van der Waals surface area contributed by atoms with Crippen molar-refractivity contribution in [3.8, 4) is 11.5 Å². The Labute approximate surface area is 98.2 Å². The van der Waals surface area contributed by atoms with Crippen LogP contribution in [0.3, 0.4) is 0 Å². The Morgan fingerprint density at radius 1 is 1.59 bits per heavy atom. The van der Waals surface area contributed by atoms with E-state index < -0.39 is 0 Å². The van der Waals surface area contributed by atoms with Gasteiger partial charge in [-0.15, -0.1) is 0 Å². The van der Waals surface area contributed by atoms with Crippen molar-refractivity contribution < 1.29 is 14.6 Å². The Hall–Kier alpha value is -1.82. The first kappa shape index (κ1) is 10.3. The van der Waals surface area contributed by atoms with Gasteiger partial charge in [-0.1, -0.05) is 0 Å². The summed E-state index contributed by atoms with van der Waals surface area (Å²) in [4.78, 5) is 17.4. The molecule has 6 nitrogen and oxygen atoms in total. The van der Waals surface area contributed by atoms with Crippen LogP contribution in [0, 0.1) is 0 Å². The van der Waals surface area contributed by atoms with Crippen LogP contribution in [0.5, 0.6) is 11.5 Å². The maximum atomic E-state index is 11.9. The summed E-state index contributed by atoms with van der Waals surface area (Å²) in [6.07, 6.45) is 3.32. The van der Waals surface area contributed by atoms with E-state index in [1.165, 1.54) is 18.5 Å². The minimum absolute atomic E-state index is 0.0140. The van der Waals surface area contributed by atoms with E-state index in [4.69, 9.17) is 4.74 Å². The van der Waals surface area contributed by atoms with E-state index in [1.807, 2.05) is 0 Å². The second-order valence-corrected chi connectivity index (χ2v) is 4.39. The van der Waals surface area contributed by atoms with E-state index in [9.17, 15) is 9.90 Å². The molecular weight excluding hydrogens is 222 g/mol. The molecule has 2 aliphatic rings. The van der Waals surface area contributed by atoms with Gasteiger partial charge in [0, 0.05) is 31.2 Å². The fourth-order valence-electron chi connectivity index (χ4n) is 2.41. The fraction of sp³-hybridized carbons (Fsp3) is 0.455. The number of ether oxygens (including phenoxy) is 1. The largest absolute Gasteiger partial charge is 0.506 e. The zero-order valence-corrected chi connectivity index (χ0v) is 9.17. The molecule has 2 N–H and O–H groups in total. The van der Waals surface area contributed by atoms with Gasteiger partial charge in [0.15, 0.2) is 5.75 Å². The minimum Gasteiger partial charge on any atom is -0.506 e. The molecule has 0 spiro atoms. The molecule has 2 aliphatic heterocycles. The van der Waals surface area contributed by atoms with Gasteiger partial charge in [0.1, 0.15) is 5.75 Å². The average Bonchev–Trinajstić information content (AvgIpc) is 2.90. The standard InChI is InChI=1S/C11H13N3O3/c15-9-2-10(5-12-4-9)17-11(16)14-6-7-1-8(14)3-13-7/h2,4-5,7-8,13,15H,1,3,6H2. The van der Waals surface area contributed by atoms with Crippen molar-refractivity contribution in [3.63, 3.8) is 0 Å². The smallest absolute Gasteiger partial charge is 0.415 e. The average molecular weight is 235 g/mol.